The first-order valence-electron chi connectivity index (χ1n) is 6.28. The predicted molar refractivity (Wildman–Crippen MR) is 71.3 cm³/mol. The number of hydrogen-bond acceptors (Lipinski definition) is 3. The number of phenolic OH excluding ortho intramolecular Hbond substituents is 1. The van der Waals surface area contributed by atoms with Crippen LogP contribution in [0.15, 0.2) is 30.6 Å². The highest BCUT2D eigenvalue weighted by molar-refractivity contribution is 6.07. The quantitative estimate of drug-likeness (QED) is 0.846. The van der Waals surface area contributed by atoms with Gasteiger partial charge in [-0.05, 0) is 24.5 Å². The van der Waals surface area contributed by atoms with Crippen molar-refractivity contribution in [3.63, 3.8) is 0 Å². The fourth-order valence-electron chi connectivity index (χ4n) is 2.52. The summed E-state index contributed by atoms with van der Waals surface area (Å²) in [5, 5.41) is 14.0. The lowest BCUT2D eigenvalue weighted by atomic mass is 10.0. The normalized spacial score (nSPS) is 14.3. The molecule has 0 atom stereocenters. The van der Waals surface area contributed by atoms with E-state index in [0.717, 1.165) is 18.4 Å². The monoisotopic (exact) mass is 257 g/mol. The molecule has 0 spiro atoms. The zero-order chi connectivity index (χ0) is 13.4. The average Bonchev–Trinajstić information content (AvgIpc) is 2.84. The van der Waals surface area contributed by atoms with E-state index < -0.39 is 0 Å². The van der Waals surface area contributed by atoms with Gasteiger partial charge >= 0.3 is 0 Å². The smallest absolute Gasteiger partial charge is 0.261 e. The first kappa shape index (κ1) is 11.8. The van der Waals surface area contributed by atoms with Crippen molar-refractivity contribution in [2.24, 2.45) is 7.05 Å². The van der Waals surface area contributed by atoms with Crippen LogP contribution in [0.3, 0.4) is 0 Å². The van der Waals surface area contributed by atoms with Gasteiger partial charge in [-0.25, -0.2) is 0 Å². The molecule has 0 radical (unpaired) electrons. The molecule has 2 heterocycles. The Morgan fingerprint density at radius 3 is 3.00 bits per heavy atom. The number of amides is 1. The number of fused-ring (bicyclic) bond motifs is 1. The summed E-state index contributed by atoms with van der Waals surface area (Å²) < 4.78 is 1.60. The van der Waals surface area contributed by atoms with E-state index in [9.17, 15) is 9.90 Å². The summed E-state index contributed by atoms with van der Waals surface area (Å²) >= 11 is 0. The number of aromatic nitrogens is 2. The molecule has 0 bridgehead atoms. The van der Waals surface area contributed by atoms with Crippen LogP contribution in [0.5, 0.6) is 5.75 Å². The molecule has 3 rings (SSSR count). The van der Waals surface area contributed by atoms with Crippen LogP contribution in [-0.4, -0.2) is 27.3 Å². The second-order valence-corrected chi connectivity index (χ2v) is 4.75. The lowest BCUT2D eigenvalue weighted by Crippen LogP contribution is -2.35. The number of aromatic hydroxyl groups is 1. The second kappa shape index (κ2) is 4.42. The molecular weight excluding hydrogens is 242 g/mol. The van der Waals surface area contributed by atoms with Crippen LogP contribution in [0.1, 0.15) is 22.3 Å². The van der Waals surface area contributed by atoms with Gasteiger partial charge in [0, 0.05) is 19.8 Å². The van der Waals surface area contributed by atoms with E-state index >= 15 is 0 Å². The van der Waals surface area contributed by atoms with Gasteiger partial charge in [0.25, 0.3) is 5.91 Å². The van der Waals surface area contributed by atoms with Gasteiger partial charge in [-0.3, -0.25) is 9.48 Å². The minimum atomic E-state index is -0.115. The second-order valence-electron chi connectivity index (χ2n) is 4.75. The summed E-state index contributed by atoms with van der Waals surface area (Å²) in [6, 6.07) is 5.39. The van der Waals surface area contributed by atoms with Crippen molar-refractivity contribution in [3.8, 4) is 5.75 Å². The molecule has 1 aliphatic heterocycles. The third-order valence-corrected chi connectivity index (χ3v) is 3.39. The number of para-hydroxylation sites is 1. The summed E-state index contributed by atoms with van der Waals surface area (Å²) in [5.74, 6) is 0.0463. The summed E-state index contributed by atoms with van der Waals surface area (Å²) in [6.45, 7) is 0.623. The minimum absolute atomic E-state index is 0.115. The fraction of sp³-hybridized carbons (Fsp3) is 0.286. The first-order valence-corrected chi connectivity index (χ1v) is 6.28. The van der Waals surface area contributed by atoms with Gasteiger partial charge < -0.3 is 10.0 Å². The number of hydrogen-bond donors (Lipinski definition) is 1. The maximum absolute atomic E-state index is 12.5. The lowest BCUT2D eigenvalue weighted by molar-refractivity contribution is 0.0984. The molecule has 1 N–H and O–H groups in total. The number of rotatable bonds is 1. The number of benzene rings is 1. The number of anilines is 1. The molecule has 0 saturated carbocycles. The van der Waals surface area contributed by atoms with E-state index in [1.165, 1.54) is 0 Å². The summed E-state index contributed by atoms with van der Waals surface area (Å²) in [5.41, 5.74) is 2.20. The topological polar surface area (TPSA) is 58.4 Å². The molecule has 5 heteroatoms. The van der Waals surface area contributed by atoms with Crippen LogP contribution in [0.4, 0.5) is 5.69 Å². The Morgan fingerprint density at radius 1 is 1.42 bits per heavy atom. The Hall–Kier alpha value is -2.30. The zero-order valence-electron chi connectivity index (χ0n) is 10.7. The van der Waals surface area contributed by atoms with Crippen molar-refractivity contribution in [1.29, 1.82) is 0 Å². The molecule has 0 unspecified atom stereocenters. The molecule has 5 nitrogen and oxygen atoms in total. The van der Waals surface area contributed by atoms with E-state index in [2.05, 4.69) is 5.10 Å². The van der Waals surface area contributed by atoms with Crippen molar-refractivity contribution in [1.82, 2.24) is 9.78 Å². The van der Waals surface area contributed by atoms with Crippen LogP contribution in [0, 0.1) is 0 Å². The van der Waals surface area contributed by atoms with Crippen LogP contribution >= 0.6 is 0 Å². The molecule has 0 fully saturated rings. The third-order valence-electron chi connectivity index (χ3n) is 3.39. The van der Waals surface area contributed by atoms with Gasteiger partial charge in [0.2, 0.25) is 0 Å². The predicted octanol–water partition coefficient (Wildman–Crippen LogP) is 1.72. The van der Waals surface area contributed by atoms with Gasteiger partial charge in [0.15, 0.2) is 0 Å². The van der Waals surface area contributed by atoms with E-state index in [-0.39, 0.29) is 11.7 Å². The standard InChI is InChI=1S/C14H15N3O2/c1-16-9-11(8-15-16)14(19)17-7-3-5-10-4-2-6-12(18)13(10)17/h2,4,6,8-9,18H,3,5,7H2,1H3. The van der Waals surface area contributed by atoms with E-state index in [4.69, 9.17) is 0 Å². The van der Waals surface area contributed by atoms with Gasteiger partial charge in [-0.15, -0.1) is 0 Å². The lowest BCUT2D eigenvalue weighted by Gasteiger charge is -2.29. The maximum Gasteiger partial charge on any atom is 0.261 e. The maximum atomic E-state index is 12.5. The molecule has 0 saturated heterocycles. The number of carbonyl (C=O) groups is 1. The van der Waals surface area contributed by atoms with Crippen molar-refractivity contribution in [2.45, 2.75) is 12.8 Å². The first-order chi connectivity index (χ1) is 9.16. The average molecular weight is 257 g/mol. The van der Waals surface area contributed by atoms with E-state index in [1.54, 1.807) is 35.1 Å². The molecular formula is C14H15N3O2. The largest absolute Gasteiger partial charge is 0.506 e. The van der Waals surface area contributed by atoms with Gasteiger partial charge in [0.05, 0.1) is 17.4 Å². The highest BCUT2D eigenvalue weighted by Gasteiger charge is 2.26. The Morgan fingerprint density at radius 2 is 2.26 bits per heavy atom. The molecule has 1 amide bonds. The van der Waals surface area contributed by atoms with Crippen molar-refractivity contribution in [2.75, 3.05) is 11.4 Å². The summed E-state index contributed by atoms with van der Waals surface area (Å²) in [4.78, 5) is 14.1. The highest BCUT2D eigenvalue weighted by atomic mass is 16.3. The molecule has 98 valence electrons. The number of nitrogens with zero attached hydrogens (tertiary/aromatic N) is 3. The fourth-order valence-corrected chi connectivity index (χ4v) is 2.52. The van der Waals surface area contributed by atoms with Crippen LogP contribution in [0.2, 0.25) is 0 Å². The summed E-state index contributed by atoms with van der Waals surface area (Å²) in [6.07, 6.45) is 5.04. The van der Waals surface area contributed by atoms with Crippen molar-refractivity contribution >= 4 is 11.6 Å². The molecule has 1 aliphatic rings. The Bertz CT molecular complexity index is 633. The van der Waals surface area contributed by atoms with Crippen LogP contribution < -0.4 is 4.90 Å². The summed E-state index contributed by atoms with van der Waals surface area (Å²) in [7, 11) is 1.78. The van der Waals surface area contributed by atoms with Crippen molar-refractivity contribution in [3.05, 3.63) is 41.7 Å². The molecule has 1 aromatic heterocycles. The van der Waals surface area contributed by atoms with E-state index in [0.29, 0.717) is 17.8 Å². The third kappa shape index (κ3) is 1.97. The Kier molecular flexibility index (Phi) is 2.74. The highest BCUT2D eigenvalue weighted by Crippen LogP contribution is 2.36. The molecule has 1 aromatic carbocycles. The molecule has 19 heavy (non-hydrogen) atoms. The molecule has 0 aliphatic carbocycles. The van der Waals surface area contributed by atoms with Crippen LogP contribution in [-0.2, 0) is 13.5 Å². The van der Waals surface area contributed by atoms with Gasteiger partial charge in [-0.2, -0.15) is 5.10 Å². The van der Waals surface area contributed by atoms with Crippen molar-refractivity contribution < 1.29 is 9.90 Å². The van der Waals surface area contributed by atoms with Gasteiger partial charge in [0.1, 0.15) is 5.75 Å². The molecule has 2 aromatic rings. The zero-order valence-corrected chi connectivity index (χ0v) is 10.7. The Labute approximate surface area is 111 Å². The minimum Gasteiger partial charge on any atom is -0.506 e. The Balaban J connectivity index is 2.02. The number of carbonyl (C=O) groups excluding carboxylic acids is 1. The van der Waals surface area contributed by atoms with E-state index in [1.807, 2.05) is 12.1 Å². The van der Waals surface area contributed by atoms with Crippen LogP contribution in [0.25, 0.3) is 0 Å². The SMILES string of the molecule is Cn1cc(C(=O)N2CCCc3cccc(O)c32)cn1. The van der Waals surface area contributed by atoms with Gasteiger partial charge in [-0.1, -0.05) is 12.1 Å². The number of aryl methyl sites for hydroxylation is 2. The number of phenols is 1.